The van der Waals surface area contributed by atoms with E-state index in [9.17, 15) is 9.59 Å². The molecule has 0 saturated carbocycles. The molecule has 25 rings (SSSR count). The lowest BCUT2D eigenvalue weighted by molar-refractivity contribution is 0.0820. The number of pyridine rings is 4. The van der Waals surface area contributed by atoms with Crippen LogP contribution in [0.25, 0.3) is 22.6 Å². The van der Waals surface area contributed by atoms with Crippen LogP contribution in [-0.2, 0) is 25.7 Å². The van der Waals surface area contributed by atoms with E-state index in [0.717, 1.165) is 266 Å². The van der Waals surface area contributed by atoms with Crippen LogP contribution in [0.4, 0.5) is 47.1 Å². The predicted molar refractivity (Wildman–Crippen MR) is 584 cm³/mol. The molecule has 2 amide bonds. The van der Waals surface area contributed by atoms with Crippen LogP contribution in [-0.4, -0.2) is 191 Å². The second-order valence-corrected chi connectivity index (χ2v) is 46.7. The first-order valence-corrected chi connectivity index (χ1v) is 54.6. The van der Waals surface area contributed by atoms with Crippen molar-refractivity contribution in [2.75, 3.05) is 130 Å². The summed E-state index contributed by atoms with van der Waals surface area (Å²) in [5.74, 6) is 6.46. The summed E-state index contributed by atoms with van der Waals surface area (Å²) in [6.45, 7) is 15.2. The molecule has 18 heterocycles. The third-order valence-corrected chi connectivity index (χ3v) is 39.0. The van der Waals surface area contributed by atoms with Crippen LogP contribution in [0.2, 0.25) is 20.1 Å². The van der Waals surface area contributed by atoms with Crippen LogP contribution >= 0.6 is 105 Å². The van der Waals surface area contributed by atoms with Gasteiger partial charge in [0.1, 0.15) is 23.3 Å². The fourth-order valence-electron chi connectivity index (χ4n) is 22.8. The van der Waals surface area contributed by atoms with Crippen molar-refractivity contribution in [3.05, 3.63) is 251 Å². The molecule has 35 nitrogen and oxygen atoms in total. The van der Waals surface area contributed by atoms with E-state index in [0.29, 0.717) is 48.9 Å². The van der Waals surface area contributed by atoms with Crippen LogP contribution in [0.5, 0.6) is 11.5 Å². The van der Waals surface area contributed by atoms with Crippen molar-refractivity contribution >= 4 is 186 Å². The van der Waals surface area contributed by atoms with Gasteiger partial charge < -0.3 is 84.7 Å². The van der Waals surface area contributed by atoms with Crippen LogP contribution in [0.1, 0.15) is 163 Å². The third kappa shape index (κ3) is 18.0. The van der Waals surface area contributed by atoms with Crippen molar-refractivity contribution in [3.63, 3.8) is 0 Å². The van der Waals surface area contributed by atoms with Crippen LogP contribution in [0.3, 0.4) is 0 Å². The predicted octanol–water partition coefficient (Wildman–Crippen LogP) is 17.2. The second-order valence-electron chi connectivity index (χ2n) is 40.0. The van der Waals surface area contributed by atoms with Crippen LogP contribution in [0, 0.1) is 49.4 Å². The van der Waals surface area contributed by atoms with Crippen molar-refractivity contribution in [3.8, 4) is 11.5 Å². The number of carbonyl (C=O) groups excluding carboxylic acids is 2. The Labute approximate surface area is 895 Å². The lowest BCUT2D eigenvalue weighted by Crippen LogP contribution is -2.45. The fraction of sp³-hybridized carbons (Fsp3) is 0.356. The molecular formula is C104H111Cl4N31O4S5. The fourth-order valence-corrected chi connectivity index (χ4v) is 28.6. The number of anilines is 8. The van der Waals surface area contributed by atoms with E-state index in [4.69, 9.17) is 122 Å². The number of aromatic nitrogens is 17. The molecule has 4 saturated heterocycles. The average Bonchev–Trinajstić information content (AvgIpc) is 1.58. The topological polar surface area (TPSA) is 465 Å². The zero-order valence-corrected chi connectivity index (χ0v) is 89.8. The number of hydrogen-bond acceptors (Lipinski definition) is 34. The SMILES string of the molecule is Cc1nc(N2CCC3(CC2)Cc2cc(C(=O)N(C)C)ccc2[C@H]3N)n2ccnc2c1Sc1ccnc(N)c1Cl.Cc1nc(N2CCC3(CC2)Cc2cc4c(cc2[C@H]3N)OCO4)n2ccnc2c1Sc1ccnc(N)c1Cl.Cc1nc(N2CCC3(CC2)Cc2ccc(C(=O)N(C)C)cc2[C@H]3N)n2ccnc2c1Sc1ccnc(N)c1Cl.Cc1nc(N2CCC3(CC2)Cc2scnc2[C@H]3N)n2ccnc2c1Sc1ccnc(N)c1Cl. The number of halogens is 4. The minimum absolute atomic E-state index is 0.00263. The van der Waals surface area contributed by atoms with Gasteiger partial charge in [-0.3, -0.25) is 27.2 Å². The van der Waals surface area contributed by atoms with Crippen molar-refractivity contribution in [2.24, 2.45) is 44.6 Å². The van der Waals surface area contributed by atoms with Crippen molar-refractivity contribution < 1.29 is 19.1 Å². The molecule has 148 heavy (non-hydrogen) atoms. The molecule has 0 radical (unpaired) electrons. The van der Waals surface area contributed by atoms with E-state index in [2.05, 4.69) is 97.5 Å². The van der Waals surface area contributed by atoms with Crippen molar-refractivity contribution in [1.29, 1.82) is 0 Å². The summed E-state index contributed by atoms with van der Waals surface area (Å²) in [7, 11) is 7.10. The Morgan fingerprint density at radius 1 is 0.372 bits per heavy atom. The summed E-state index contributed by atoms with van der Waals surface area (Å²) in [6.07, 6.45) is 33.3. The van der Waals surface area contributed by atoms with Gasteiger partial charge in [-0.05, 0) is 220 Å². The highest BCUT2D eigenvalue weighted by Crippen LogP contribution is 2.59. The molecule has 764 valence electrons. The highest BCUT2D eigenvalue weighted by Gasteiger charge is 2.52. The van der Waals surface area contributed by atoms with Gasteiger partial charge in [0.2, 0.25) is 30.6 Å². The van der Waals surface area contributed by atoms with Crippen molar-refractivity contribution in [2.45, 2.75) is 168 Å². The number of fused-ring (bicyclic) bond motifs is 9. The maximum atomic E-state index is 12.5. The molecule has 13 aromatic heterocycles. The molecule has 9 aliphatic rings. The number of rotatable bonds is 14. The number of ether oxygens (including phenoxy) is 2. The van der Waals surface area contributed by atoms with Crippen molar-refractivity contribution in [1.82, 2.24) is 92.2 Å². The summed E-state index contributed by atoms with van der Waals surface area (Å²) in [6, 6.07) is 23.5. The highest BCUT2D eigenvalue weighted by molar-refractivity contribution is 8.00. The normalized spacial score (nSPS) is 18.8. The molecule has 4 fully saturated rings. The smallest absolute Gasteiger partial charge is 0.253 e. The number of aryl methyl sites for hydroxylation is 4. The summed E-state index contributed by atoms with van der Waals surface area (Å²) < 4.78 is 19.4. The Bertz CT molecular complexity index is 7770. The molecular weight excluding hydrogens is 2050 g/mol. The van der Waals surface area contributed by atoms with Gasteiger partial charge in [-0.1, -0.05) is 106 Å². The lowest BCUT2D eigenvalue weighted by Gasteiger charge is -2.42. The lowest BCUT2D eigenvalue weighted by atomic mass is 9.73. The molecule has 44 heteroatoms. The van der Waals surface area contributed by atoms with E-state index in [-0.39, 0.29) is 64.4 Å². The molecule has 0 bridgehead atoms. The number of benzene rings is 3. The Morgan fingerprint density at radius 2 is 0.682 bits per heavy atom. The summed E-state index contributed by atoms with van der Waals surface area (Å²) in [5, 5.41) is 1.76. The van der Waals surface area contributed by atoms with Crippen LogP contribution < -0.4 is 74.9 Å². The number of amides is 2. The van der Waals surface area contributed by atoms with Gasteiger partial charge in [0.15, 0.2) is 34.1 Å². The van der Waals surface area contributed by atoms with Crippen LogP contribution in [0.15, 0.2) is 192 Å². The number of carbonyl (C=O) groups is 2. The quantitative estimate of drug-likeness (QED) is 0.0501. The first-order chi connectivity index (χ1) is 71.3. The Kier molecular flexibility index (Phi) is 27.0. The van der Waals surface area contributed by atoms with Gasteiger partial charge in [0, 0.05) is 209 Å². The molecule has 4 atom stereocenters. The van der Waals surface area contributed by atoms with Gasteiger partial charge in [0.25, 0.3) is 11.8 Å². The summed E-state index contributed by atoms with van der Waals surface area (Å²) >= 11 is 33.4. The molecule has 0 unspecified atom stereocenters. The number of piperidine rings is 4. The molecule has 4 spiro atoms. The van der Waals surface area contributed by atoms with E-state index in [1.54, 1.807) is 86.5 Å². The molecule has 16 aromatic rings. The first-order valence-electron chi connectivity index (χ1n) is 49.0. The van der Waals surface area contributed by atoms with E-state index in [1.807, 2.05) is 128 Å². The summed E-state index contributed by atoms with van der Waals surface area (Å²) in [4.78, 5) is 106. The number of nitrogens with two attached hydrogens (primary N) is 8. The van der Waals surface area contributed by atoms with Gasteiger partial charge >= 0.3 is 0 Å². The first kappa shape index (κ1) is 100. The van der Waals surface area contributed by atoms with E-state index < -0.39 is 0 Å². The monoisotopic (exact) mass is 2160 g/mol. The zero-order valence-electron chi connectivity index (χ0n) is 82.7. The minimum Gasteiger partial charge on any atom is -0.454 e. The minimum atomic E-state index is -0.0937. The number of imidazole rings is 4. The molecule has 3 aromatic carbocycles. The second kappa shape index (κ2) is 39.9. The Balaban J connectivity index is 0.000000112. The van der Waals surface area contributed by atoms with Gasteiger partial charge in [-0.2, -0.15) is 0 Å². The zero-order chi connectivity index (χ0) is 103. The van der Waals surface area contributed by atoms with Gasteiger partial charge in [-0.25, -0.2) is 64.8 Å². The molecule has 16 N–H and O–H groups in total. The highest BCUT2D eigenvalue weighted by atomic mass is 35.5. The standard InChI is InChI=1S/2C28H31ClN8OS.C26H26ClN7O2S.C22H23ClN8S2/c1-16-22(39-20-6-9-32-24(31)21(20)29)25-33-10-13-37(25)27(34-16)36-11-7-28(8-12-36)15-18-14-17(26(38)35(2)3)4-5-19(18)23(28)30;1-16-22(39-20-6-9-32-24(31)21(20)29)25-33-10-13-37(25)27(34-16)36-11-7-28(8-12-36)15-18-5-4-17(26(38)35(2)3)14-19(18)23(28)30;1-14-21(37-19-2-5-30-23(29)20(19)27)24-31-6-9-34(24)25(32-14)33-7-3-26(4-8-33)12-15-10-17-18(36-13-35-17)11-16(15)22(26)28;1-12-17(33-13-2-5-26-19(25)15(13)23)20-27-6-9-31(20)21(29-12)30-7-3-22(4-8-30)10-14-16(18(22)24)28-11-32-14/h2*4-6,9-10,13-14,23H,7-8,11-12,15,30H2,1-3H3,(H2,31,32);2,5-6,9-11,22H,3-4,7-8,12-13,28H2,1H3,(H2,29,30);2,5-6,9,11,18H,3-4,7-8,10,24H2,1H3,(H2,25,26)/t2*23-;22-;18-/m1111/s1. The Hall–Kier alpha value is -12.3. The maximum Gasteiger partial charge on any atom is 0.253 e. The van der Waals surface area contributed by atoms with E-state index in [1.165, 1.54) is 79.7 Å². The van der Waals surface area contributed by atoms with Gasteiger partial charge in [0.05, 0.1) is 79.7 Å². The molecule has 5 aliphatic heterocycles. The Morgan fingerprint density at radius 3 is 1.03 bits per heavy atom. The number of nitrogen functional groups attached to an aromatic ring is 4. The van der Waals surface area contributed by atoms with Gasteiger partial charge in [-0.15, -0.1) is 11.3 Å². The number of hydrogen-bond donors (Lipinski definition) is 8. The average molecular weight is 2160 g/mol. The van der Waals surface area contributed by atoms with E-state index >= 15 is 0 Å². The third-order valence-electron chi connectivity index (χ3n) is 31.1. The summed E-state index contributed by atoms with van der Waals surface area (Å²) in [5.41, 5.74) is 69.7. The number of nitrogens with zero attached hydrogens (tertiary/aromatic N) is 23. The maximum absolute atomic E-state index is 12.5. The molecule has 4 aliphatic carbocycles. The number of thiazole rings is 1. The largest absolute Gasteiger partial charge is 0.454 e.